The number of piperidine rings is 1. The summed E-state index contributed by atoms with van der Waals surface area (Å²) >= 11 is 0. The zero-order chi connectivity index (χ0) is 12.1. The van der Waals surface area contributed by atoms with Gasteiger partial charge in [-0.25, -0.2) is 6.57 Å². The fourth-order valence-electron chi connectivity index (χ4n) is 2.45. The van der Waals surface area contributed by atoms with Crippen molar-refractivity contribution in [2.45, 2.75) is 52.7 Å². The molecule has 88 valence electrons. The average Bonchev–Trinajstić information content (AvgIpc) is 2.86. The molecule has 1 amide bonds. The Morgan fingerprint density at radius 2 is 2.06 bits per heavy atom. The van der Waals surface area contributed by atoms with Gasteiger partial charge in [-0.3, -0.25) is 14.5 Å². The van der Waals surface area contributed by atoms with Crippen LogP contribution in [0.4, 0.5) is 0 Å². The smallest absolute Gasteiger partial charge is 0.290 e. The highest BCUT2D eigenvalue weighted by atomic mass is 16.2. The van der Waals surface area contributed by atoms with Crippen LogP contribution in [0, 0.1) is 23.8 Å². The molecule has 16 heavy (non-hydrogen) atoms. The Labute approximate surface area is 97.6 Å². The largest absolute Gasteiger partial charge is 0.301 e. The Morgan fingerprint density at radius 1 is 1.44 bits per heavy atom. The zero-order valence-electron chi connectivity index (χ0n) is 10.5. The maximum atomic E-state index is 12.4. The van der Waals surface area contributed by atoms with Gasteiger partial charge in [0, 0.05) is 18.4 Å². The van der Waals surface area contributed by atoms with Gasteiger partial charge in [0.05, 0.1) is 0 Å². The standard InChI is InChI=1S/C13H20N2O/c1-8(13(2,3)4)12(16)15-10-6-9(10)7-11(15)14-5/h8-11H,6-7H2,1-4H3. The van der Waals surface area contributed by atoms with E-state index in [0.717, 1.165) is 12.8 Å². The molecule has 1 aliphatic carbocycles. The van der Waals surface area contributed by atoms with Crippen LogP contribution in [-0.4, -0.2) is 23.0 Å². The van der Waals surface area contributed by atoms with E-state index < -0.39 is 0 Å². The summed E-state index contributed by atoms with van der Waals surface area (Å²) in [5, 5.41) is 0. The Balaban J connectivity index is 2.13. The van der Waals surface area contributed by atoms with Crippen molar-refractivity contribution in [3.8, 4) is 0 Å². The van der Waals surface area contributed by atoms with Crippen molar-refractivity contribution in [2.24, 2.45) is 17.3 Å². The summed E-state index contributed by atoms with van der Waals surface area (Å²) in [6.07, 6.45) is 1.84. The monoisotopic (exact) mass is 220 g/mol. The summed E-state index contributed by atoms with van der Waals surface area (Å²) in [5.74, 6) is 0.796. The number of likely N-dealkylation sites (tertiary alicyclic amines) is 1. The number of hydrogen-bond acceptors (Lipinski definition) is 1. The highest BCUT2D eigenvalue weighted by Crippen LogP contribution is 2.49. The quantitative estimate of drug-likeness (QED) is 0.623. The molecular formula is C13H20N2O. The van der Waals surface area contributed by atoms with Gasteiger partial charge >= 0.3 is 6.17 Å². The first-order valence-corrected chi connectivity index (χ1v) is 6.05. The van der Waals surface area contributed by atoms with Crippen LogP contribution in [0.5, 0.6) is 0 Å². The van der Waals surface area contributed by atoms with E-state index in [1.165, 1.54) is 0 Å². The van der Waals surface area contributed by atoms with E-state index in [0.29, 0.717) is 12.0 Å². The Morgan fingerprint density at radius 3 is 2.56 bits per heavy atom. The predicted octanol–water partition coefficient (Wildman–Crippen LogP) is 2.53. The van der Waals surface area contributed by atoms with Gasteiger partial charge in [0.25, 0.3) is 0 Å². The lowest BCUT2D eigenvalue weighted by atomic mass is 9.81. The number of nitrogens with zero attached hydrogens (tertiary/aromatic N) is 2. The van der Waals surface area contributed by atoms with Crippen LogP contribution in [0.3, 0.4) is 0 Å². The molecule has 0 bridgehead atoms. The molecule has 0 aromatic heterocycles. The molecule has 1 heterocycles. The van der Waals surface area contributed by atoms with E-state index >= 15 is 0 Å². The van der Waals surface area contributed by atoms with E-state index in [4.69, 9.17) is 6.57 Å². The highest BCUT2D eigenvalue weighted by molar-refractivity contribution is 5.81. The van der Waals surface area contributed by atoms with Gasteiger partial charge in [0.1, 0.15) is 0 Å². The molecule has 4 unspecified atom stereocenters. The van der Waals surface area contributed by atoms with Gasteiger partial charge in [-0.05, 0) is 17.8 Å². The van der Waals surface area contributed by atoms with Gasteiger partial charge < -0.3 is 0 Å². The molecule has 3 heteroatoms. The van der Waals surface area contributed by atoms with Crippen molar-refractivity contribution < 1.29 is 4.79 Å². The Bertz CT molecular complexity index is 350. The molecule has 0 aromatic carbocycles. The van der Waals surface area contributed by atoms with Crippen molar-refractivity contribution in [1.82, 2.24) is 4.90 Å². The molecule has 2 rings (SSSR count). The van der Waals surface area contributed by atoms with Crippen molar-refractivity contribution in [3.63, 3.8) is 0 Å². The normalized spacial score (nSPS) is 34.2. The summed E-state index contributed by atoms with van der Waals surface area (Å²) in [5.41, 5.74) is -0.0172. The number of fused-ring (bicyclic) bond motifs is 1. The summed E-state index contributed by atoms with van der Waals surface area (Å²) in [4.78, 5) is 17.8. The van der Waals surface area contributed by atoms with Crippen LogP contribution in [0.2, 0.25) is 0 Å². The van der Waals surface area contributed by atoms with Crippen molar-refractivity contribution in [3.05, 3.63) is 11.4 Å². The van der Waals surface area contributed by atoms with Gasteiger partial charge in [-0.2, -0.15) is 0 Å². The third-order valence-corrected chi connectivity index (χ3v) is 4.15. The summed E-state index contributed by atoms with van der Waals surface area (Å²) in [7, 11) is 0. The number of carbonyl (C=O) groups is 1. The first-order chi connectivity index (χ1) is 7.36. The third-order valence-electron chi connectivity index (χ3n) is 4.15. The van der Waals surface area contributed by atoms with Crippen LogP contribution in [-0.2, 0) is 4.79 Å². The van der Waals surface area contributed by atoms with Crippen LogP contribution in [0.1, 0.15) is 40.5 Å². The summed E-state index contributed by atoms with van der Waals surface area (Å²) in [6.45, 7) is 15.4. The molecule has 1 saturated carbocycles. The van der Waals surface area contributed by atoms with Crippen LogP contribution >= 0.6 is 0 Å². The van der Waals surface area contributed by atoms with Crippen molar-refractivity contribution in [2.75, 3.05) is 0 Å². The van der Waals surface area contributed by atoms with Gasteiger partial charge in [-0.15, -0.1) is 0 Å². The molecule has 3 nitrogen and oxygen atoms in total. The zero-order valence-corrected chi connectivity index (χ0v) is 10.5. The molecule has 1 saturated heterocycles. The van der Waals surface area contributed by atoms with E-state index in [-0.39, 0.29) is 23.4 Å². The highest BCUT2D eigenvalue weighted by Gasteiger charge is 2.58. The van der Waals surface area contributed by atoms with E-state index in [1.807, 2.05) is 11.8 Å². The Kier molecular flexibility index (Phi) is 2.49. The first kappa shape index (κ1) is 11.4. The lowest BCUT2D eigenvalue weighted by molar-refractivity contribution is -0.139. The Hall–Kier alpha value is -1.04. The minimum absolute atomic E-state index is 0.00361. The van der Waals surface area contributed by atoms with Crippen LogP contribution in [0.25, 0.3) is 4.85 Å². The van der Waals surface area contributed by atoms with Crippen LogP contribution < -0.4 is 0 Å². The van der Waals surface area contributed by atoms with E-state index in [2.05, 4.69) is 25.6 Å². The maximum absolute atomic E-state index is 12.4. The number of hydrogen-bond donors (Lipinski definition) is 0. The van der Waals surface area contributed by atoms with Crippen LogP contribution in [0.15, 0.2) is 0 Å². The molecule has 0 N–H and O–H groups in total. The lowest BCUT2D eigenvalue weighted by Gasteiger charge is -2.30. The summed E-state index contributed by atoms with van der Waals surface area (Å²) < 4.78 is 0. The fourth-order valence-corrected chi connectivity index (χ4v) is 2.45. The molecular weight excluding hydrogens is 200 g/mol. The lowest BCUT2D eigenvalue weighted by Crippen LogP contribution is -2.43. The molecule has 0 aromatic rings. The molecule has 0 radical (unpaired) electrons. The number of rotatable bonds is 1. The summed E-state index contributed by atoms with van der Waals surface area (Å²) in [6, 6.07) is 0.386. The third kappa shape index (κ3) is 1.71. The predicted molar refractivity (Wildman–Crippen MR) is 62.4 cm³/mol. The van der Waals surface area contributed by atoms with Crippen molar-refractivity contribution >= 4 is 5.91 Å². The SMILES string of the molecule is [C-]#[N+]C1CC2CC2N1C(=O)C(C)C(C)(C)C. The first-order valence-electron chi connectivity index (χ1n) is 6.05. The van der Waals surface area contributed by atoms with Crippen molar-refractivity contribution in [1.29, 1.82) is 0 Å². The van der Waals surface area contributed by atoms with E-state index in [9.17, 15) is 4.79 Å². The minimum atomic E-state index is -0.180. The van der Waals surface area contributed by atoms with Gasteiger partial charge in [0.2, 0.25) is 5.91 Å². The average molecular weight is 220 g/mol. The minimum Gasteiger partial charge on any atom is -0.290 e. The molecule has 0 spiro atoms. The molecule has 2 fully saturated rings. The van der Waals surface area contributed by atoms with E-state index in [1.54, 1.807) is 0 Å². The molecule has 2 aliphatic rings. The topological polar surface area (TPSA) is 24.7 Å². The molecule has 1 aliphatic heterocycles. The second kappa shape index (κ2) is 3.48. The number of amides is 1. The number of carbonyl (C=O) groups excluding carboxylic acids is 1. The second-order valence-electron chi connectivity index (χ2n) is 6.24. The fraction of sp³-hybridized carbons (Fsp3) is 0.846. The second-order valence-corrected chi connectivity index (χ2v) is 6.24. The van der Waals surface area contributed by atoms with Gasteiger partial charge in [-0.1, -0.05) is 27.7 Å². The van der Waals surface area contributed by atoms with Gasteiger partial charge in [0.15, 0.2) is 0 Å². The maximum Gasteiger partial charge on any atom is 0.301 e. The molecule has 4 atom stereocenters.